The van der Waals surface area contributed by atoms with E-state index in [0.29, 0.717) is 19.4 Å². The molecule has 0 aromatic heterocycles. The molecule has 2 N–H and O–H groups in total. The number of ether oxygens (including phenoxy) is 3. The van der Waals surface area contributed by atoms with E-state index in [4.69, 9.17) is 14.2 Å². The number of carbonyl (C=O) groups is 5. The lowest BCUT2D eigenvalue weighted by Crippen LogP contribution is -2.52. The van der Waals surface area contributed by atoms with Crippen molar-refractivity contribution in [3.8, 4) is 0 Å². The summed E-state index contributed by atoms with van der Waals surface area (Å²) in [6, 6.07) is -2.57. The van der Waals surface area contributed by atoms with Crippen LogP contribution in [0.5, 0.6) is 0 Å². The van der Waals surface area contributed by atoms with E-state index in [1.54, 1.807) is 34.6 Å². The number of hydrogen-bond acceptors (Lipinski definition) is 10. The molecule has 3 amide bonds. The van der Waals surface area contributed by atoms with Crippen LogP contribution in [-0.4, -0.2) is 89.7 Å². The van der Waals surface area contributed by atoms with Crippen molar-refractivity contribution in [3.63, 3.8) is 0 Å². The minimum Gasteiger partial charge on any atom is -0.464 e. The van der Waals surface area contributed by atoms with E-state index in [9.17, 15) is 24.0 Å². The Balaban J connectivity index is 2.79. The molecule has 0 aromatic carbocycles. The first kappa shape index (κ1) is 34.9. The third kappa shape index (κ3) is 13.7. The third-order valence-electron chi connectivity index (χ3n) is 5.22. The second kappa shape index (κ2) is 16.2. The first-order valence-corrected chi connectivity index (χ1v) is 15.7. The van der Waals surface area contributed by atoms with Gasteiger partial charge in [-0.25, -0.2) is 14.4 Å². The molecule has 3 atom stereocenters. The molecule has 0 spiro atoms. The summed E-state index contributed by atoms with van der Waals surface area (Å²) >= 11 is 0. The van der Waals surface area contributed by atoms with Crippen molar-refractivity contribution in [3.05, 3.63) is 0 Å². The monoisotopic (exact) mass is 591 g/mol. The lowest BCUT2D eigenvalue weighted by molar-refractivity contribution is -0.147. The van der Waals surface area contributed by atoms with Crippen molar-refractivity contribution >= 4 is 51.4 Å². The van der Waals surface area contributed by atoms with Gasteiger partial charge >= 0.3 is 18.0 Å². The summed E-state index contributed by atoms with van der Waals surface area (Å²) in [6.07, 6.45) is 0.774. The van der Waals surface area contributed by atoms with E-state index in [2.05, 4.69) is 10.6 Å². The molecule has 0 aliphatic carbocycles. The van der Waals surface area contributed by atoms with Crippen molar-refractivity contribution in [1.82, 2.24) is 15.5 Å². The zero-order valence-corrected chi connectivity index (χ0v) is 26.1. The van der Waals surface area contributed by atoms with Gasteiger partial charge in [0.25, 0.3) is 0 Å². The van der Waals surface area contributed by atoms with Crippen LogP contribution in [0, 0.1) is 5.41 Å². The highest BCUT2D eigenvalue weighted by atomic mass is 33.1. The fourth-order valence-corrected chi connectivity index (χ4v) is 5.93. The highest BCUT2D eigenvalue weighted by Crippen LogP contribution is 2.25. The minimum absolute atomic E-state index is 0.140. The van der Waals surface area contributed by atoms with Gasteiger partial charge in [-0.05, 0) is 52.9 Å². The number of esters is 2. The minimum atomic E-state index is -0.965. The zero-order chi connectivity index (χ0) is 29.8. The Bertz CT molecular complexity index is 857. The maximum Gasteiger partial charge on any atom is 0.410 e. The van der Waals surface area contributed by atoms with E-state index in [1.807, 2.05) is 20.8 Å². The van der Waals surface area contributed by atoms with Crippen LogP contribution < -0.4 is 10.6 Å². The standard InChI is InChI=1S/C26H45N3O8S2/c1-9-35-22(32)17(27-20(30)14-25(3,4)5)15-38-39-16-18(23(33)36-10-2)28-21(31)19-12-11-13-29(19)24(34)37-26(6,7)8/h17-19H,9-16H2,1-8H3,(H,27,30)(H,28,31)/t17-,18-,19+/m0/s1. The highest BCUT2D eigenvalue weighted by Gasteiger charge is 2.38. The maximum absolute atomic E-state index is 13.1. The fraction of sp³-hybridized carbons (Fsp3) is 0.808. The van der Waals surface area contributed by atoms with Gasteiger partial charge in [-0.15, -0.1) is 0 Å². The molecule has 0 aromatic rings. The Morgan fingerprint density at radius 1 is 0.872 bits per heavy atom. The molecule has 0 radical (unpaired) electrons. The maximum atomic E-state index is 13.1. The summed E-state index contributed by atoms with van der Waals surface area (Å²) in [7, 11) is 2.52. The van der Waals surface area contributed by atoms with Gasteiger partial charge in [-0.2, -0.15) is 0 Å². The SMILES string of the molecule is CCOC(=O)[C@H](CSSC[C@H](NC(=O)[C@H]1CCCN1C(=O)OC(C)(C)C)C(=O)OCC)NC(=O)CC(C)(C)C. The Hall–Kier alpha value is -2.15. The number of amides is 3. The average molecular weight is 592 g/mol. The summed E-state index contributed by atoms with van der Waals surface area (Å²) in [4.78, 5) is 64.5. The first-order chi connectivity index (χ1) is 18.1. The van der Waals surface area contributed by atoms with Crippen molar-refractivity contribution in [1.29, 1.82) is 0 Å². The van der Waals surface area contributed by atoms with Crippen molar-refractivity contribution in [2.24, 2.45) is 5.41 Å². The summed E-state index contributed by atoms with van der Waals surface area (Å²) in [5.41, 5.74) is -0.940. The Morgan fingerprint density at radius 3 is 1.85 bits per heavy atom. The predicted molar refractivity (Wildman–Crippen MR) is 152 cm³/mol. The van der Waals surface area contributed by atoms with Gasteiger partial charge in [0.1, 0.15) is 23.7 Å². The van der Waals surface area contributed by atoms with Crippen LogP contribution in [0.4, 0.5) is 4.79 Å². The smallest absolute Gasteiger partial charge is 0.410 e. The molecule has 1 fully saturated rings. The van der Waals surface area contributed by atoms with Gasteiger partial charge in [0.05, 0.1) is 13.2 Å². The summed E-state index contributed by atoms with van der Waals surface area (Å²) < 4.78 is 15.7. The second-order valence-electron chi connectivity index (χ2n) is 11.3. The first-order valence-electron chi connectivity index (χ1n) is 13.2. The van der Waals surface area contributed by atoms with Crippen molar-refractivity contribution in [2.75, 3.05) is 31.3 Å². The van der Waals surface area contributed by atoms with E-state index in [0.717, 1.165) is 0 Å². The number of likely N-dealkylation sites (tertiary alicyclic amines) is 1. The van der Waals surface area contributed by atoms with Crippen molar-refractivity contribution in [2.45, 2.75) is 98.4 Å². The van der Waals surface area contributed by atoms with Crippen LogP contribution in [0.2, 0.25) is 0 Å². The predicted octanol–water partition coefficient (Wildman–Crippen LogP) is 3.30. The molecule has 1 rings (SSSR count). The molecule has 224 valence electrons. The lowest BCUT2D eigenvalue weighted by atomic mass is 9.92. The van der Waals surface area contributed by atoms with Gasteiger partial charge < -0.3 is 24.8 Å². The summed E-state index contributed by atoms with van der Waals surface area (Å²) in [5.74, 6) is -1.49. The number of hydrogen-bond donors (Lipinski definition) is 2. The van der Waals surface area contributed by atoms with E-state index >= 15 is 0 Å². The third-order valence-corrected chi connectivity index (χ3v) is 7.64. The molecule has 0 saturated carbocycles. The summed E-state index contributed by atoms with van der Waals surface area (Å²) in [5, 5.41) is 5.45. The van der Waals surface area contributed by atoms with Crippen LogP contribution in [-0.2, 0) is 33.4 Å². The van der Waals surface area contributed by atoms with Crippen LogP contribution in [0.25, 0.3) is 0 Å². The molecule has 1 heterocycles. The average Bonchev–Trinajstić information content (AvgIpc) is 3.28. The molecular formula is C26H45N3O8S2. The van der Waals surface area contributed by atoms with E-state index < -0.39 is 47.7 Å². The molecule has 0 unspecified atom stereocenters. The quantitative estimate of drug-likeness (QED) is 0.142. The largest absolute Gasteiger partial charge is 0.464 e. The zero-order valence-electron chi connectivity index (χ0n) is 24.4. The molecule has 11 nitrogen and oxygen atoms in total. The molecule has 13 heteroatoms. The molecule has 1 aliphatic heterocycles. The van der Waals surface area contributed by atoms with Gasteiger partial charge in [-0.3, -0.25) is 14.5 Å². The Labute approximate surface area is 240 Å². The normalized spacial score (nSPS) is 17.1. The number of rotatable bonds is 13. The number of carbonyl (C=O) groups excluding carboxylic acids is 5. The molecule has 1 aliphatic rings. The van der Waals surface area contributed by atoms with Crippen LogP contribution in [0.3, 0.4) is 0 Å². The topological polar surface area (TPSA) is 140 Å². The Morgan fingerprint density at radius 2 is 1.38 bits per heavy atom. The van der Waals surface area contributed by atoms with E-state index in [1.165, 1.54) is 26.5 Å². The molecule has 39 heavy (non-hydrogen) atoms. The van der Waals surface area contributed by atoms with Gasteiger partial charge in [0, 0.05) is 24.5 Å². The second-order valence-corrected chi connectivity index (χ2v) is 13.9. The fourth-order valence-electron chi connectivity index (χ4n) is 3.63. The molecule has 1 saturated heterocycles. The number of nitrogens with one attached hydrogen (secondary N) is 2. The summed E-state index contributed by atoms with van der Waals surface area (Å²) in [6.45, 7) is 15.1. The van der Waals surface area contributed by atoms with E-state index in [-0.39, 0.29) is 42.5 Å². The lowest BCUT2D eigenvalue weighted by Gasteiger charge is -2.28. The van der Waals surface area contributed by atoms with Crippen molar-refractivity contribution < 1.29 is 38.2 Å². The van der Waals surface area contributed by atoms with Crippen LogP contribution in [0.15, 0.2) is 0 Å². The highest BCUT2D eigenvalue weighted by molar-refractivity contribution is 8.76. The van der Waals surface area contributed by atoms with Crippen LogP contribution in [0.1, 0.15) is 74.7 Å². The Kier molecular flexibility index (Phi) is 14.5. The van der Waals surface area contributed by atoms with Gasteiger partial charge in [0.2, 0.25) is 11.8 Å². The van der Waals surface area contributed by atoms with Crippen LogP contribution >= 0.6 is 21.6 Å². The molecular weight excluding hydrogens is 546 g/mol. The van der Waals surface area contributed by atoms with Gasteiger partial charge in [-0.1, -0.05) is 42.4 Å². The number of nitrogens with zero attached hydrogens (tertiary/aromatic N) is 1. The van der Waals surface area contributed by atoms with Gasteiger partial charge in [0.15, 0.2) is 0 Å². The molecule has 0 bridgehead atoms.